The third kappa shape index (κ3) is 2.99. The van der Waals surface area contributed by atoms with E-state index in [0.717, 1.165) is 0 Å². The summed E-state index contributed by atoms with van der Waals surface area (Å²) in [6.07, 6.45) is 0.699. The fraction of sp³-hybridized carbons (Fsp3) is 0.467. The van der Waals surface area contributed by atoms with Crippen LogP contribution >= 0.6 is 0 Å². The molecular weight excluding hydrogens is 256 g/mol. The average molecular weight is 276 g/mol. The van der Waals surface area contributed by atoms with Crippen LogP contribution < -0.4 is 10.1 Å². The summed E-state index contributed by atoms with van der Waals surface area (Å²) in [7, 11) is 1.55. The molecule has 0 saturated carbocycles. The summed E-state index contributed by atoms with van der Waals surface area (Å²) in [5.41, 5.74) is 0.566. The fourth-order valence-corrected chi connectivity index (χ4v) is 2.54. The minimum absolute atomic E-state index is 0.00609. The molecule has 1 saturated heterocycles. The molecule has 0 bridgehead atoms. The van der Waals surface area contributed by atoms with E-state index in [2.05, 4.69) is 5.32 Å². The van der Waals surface area contributed by atoms with Gasteiger partial charge >= 0.3 is 0 Å². The summed E-state index contributed by atoms with van der Waals surface area (Å²) in [4.78, 5) is 26.1. The number of carbonyl (C=O) groups excluding carboxylic acids is 2. The highest BCUT2D eigenvalue weighted by Crippen LogP contribution is 2.19. The predicted octanol–water partition coefficient (Wildman–Crippen LogP) is 1.09. The van der Waals surface area contributed by atoms with Crippen molar-refractivity contribution in [2.75, 3.05) is 26.7 Å². The minimum atomic E-state index is -0.220. The number of hydrogen-bond donors (Lipinski definition) is 1. The van der Waals surface area contributed by atoms with Crippen molar-refractivity contribution >= 4 is 11.7 Å². The quantitative estimate of drug-likeness (QED) is 0.818. The third-order valence-corrected chi connectivity index (χ3v) is 3.58. The Hall–Kier alpha value is -1.88. The number of ether oxygens (including phenoxy) is 1. The van der Waals surface area contributed by atoms with E-state index >= 15 is 0 Å². The monoisotopic (exact) mass is 276 g/mol. The number of Topliss-reactive ketones (excluding diaryl/α,β-unsaturated/α-hetero) is 1. The number of methoxy groups -OCH3 is 1. The molecule has 1 heterocycles. The molecule has 1 aromatic rings. The molecule has 20 heavy (non-hydrogen) atoms. The van der Waals surface area contributed by atoms with Crippen LogP contribution in [0.1, 0.15) is 23.7 Å². The van der Waals surface area contributed by atoms with Gasteiger partial charge in [0.15, 0.2) is 5.78 Å². The second kappa shape index (κ2) is 6.52. The normalized spacial score (nSPS) is 19.5. The summed E-state index contributed by atoms with van der Waals surface area (Å²) < 4.78 is 5.21. The van der Waals surface area contributed by atoms with Crippen LogP contribution in [0.15, 0.2) is 24.3 Å². The summed E-state index contributed by atoms with van der Waals surface area (Å²) in [6, 6.07) is 6.95. The van der Waals surface area contributed by atoms with Gasteiger partial charge in [-0.05, 0) is 18.6 Å². The van der Waals surface area contributed by atoms with Crippen LogP contribution in [0.25, 0.3) is 0 Å². The molecule has 1 aliphatic rings. The molecule has 1 aromatic carbocycles. The van der Waals surface area contributed by atoms with Crippen LogP contribution in [0.2, 0.25) is 0 Å². The predicted molar refractivity (Wildman–Crippen MR) is 76.0 cm³/mol. The lowest BCUT2D eigenvalue weighted by Crippen LogP contribution is -2.56. The minimum Gasteiger partial charge on any atom is -0.496 e. The van der Waals surface area contributed by atoms with Gasteiger partial charge < -0.3 is 10.1 Å². The lowest BCUT2D eigenvalue weighted by Gasteiger charge is -2.33. The van der Waals surface area contributed by atoms with E-state index in [0.29, 0.717) is 30.8 Å². The molecule has 0 spiro atoms. The third-order valence-electron chi connectivity index (χ3n) is 3.58. The second-order valence-corrected chi connectivity index (χ2v) is 4.81. The zero-order valence-electron chi connectivity index (χ0n) is 11.9. The number of rotatable bonds is 5. The lowest BCUT2D eigenvalue weighted by atomic mass is 10.1. The Morgan fingerprint density at radius 2 is 2.20 bits per heavy atom. The van der Waals surface area contributed by atoms with E-state index in [4.69, 9.17) is 4.74 Å². The molecule has 1 atom stereocenters. The highest BCUT2D eigenvalue weighted by molar-refractivity contribution is 6.00. The molecule has 1 aliphatic heterocycles. The SMILES string of the molecule is CCC1C(=O)NCCN1CC(=O)c1ccccc1OC. The van der Waals surface area contributed by atoms with E-state index in [-0.39, 0.29) is 24.3 Å². The van der Waals surface area contributed by atoms with Crippen molar-refractivity contribution in [3.8, 4) is 5.75 Å². The maximum absolute atomic E-state index is 12.4. The second-order valence-electron chi connectivity index (χ2n) is 4.81. The Balaban J connectivity index is 2.12. The van der Waals surface area contributed by atoms with Crippen molar-refractivity contribution in [2.45, 2.75) is 19.4 Å². The van der Waals surface area contributed by atoms with Gasteiger partial charge in [0.1, 0.15) is 5.75 Å². The molecular formula is C15H20N2O3. The summed E-state index contributed by atoms with van der Waals surface area (Å²) in [6.45, 7) is 3.49. The van der Waals surface area contributed by atoms with Crippen molar-refractivity contribution in [3.05, 3.63) is 29.8 Å². The van der Waals surface area contributed by atoms with Gasteiger partial charge in [0, 0.05) is 13.1 Å². The number of carbonyl (C=O) groups is 2. The molecule has 0 aliphatic carbocycles. The molecule has 0 aromatic heterocycles. The zero-order chi connectivity index (χ0) is 14.5. The highest BCUT2D eigenvalue weighted by Gasteiger charge is 2.29. The molecule has 0 radical (unpaired) electrons. The van der Waals surface area contributed by atoms with Crippen LogP contribution in [-0.2, 0) is 4.79 Å². The van der Waals surface area contributed by atoms with Crippen LogP contribution in [0.4, 0.5) is 0 Å². The van der Waals surface area contributed by atoms with E-state index < -0.39 is 0 Å². The van der Waals surface area contributed by atoms with Gasteiger partial charge in [-0.3, -0.25) is 14.5 Å². The standard InChI is InChI=1S/C15H20N2O3/c1-3-12-15(19)16-8-9-17(12)10-13(18)11-6-4-5-7-14(11)20-2/h4-7,12H,3,8-10H2,1-2H3,(H,16,19). The zero-order valence-corrected chi connectivity index (χ0v) is 11.9. The highest BCUT2D eigenvalue weighted by atomic mass is 16.5. The van der Waals surface area contributed by atoms with Crippen LogP contribution in [-0.4, -0.2) is 49.4 Å². The van der Waals surface area contributed by atoms with Crippen molar-refractivity contribution in [2.24, 2.45) is 0 Å². The van der Waals surface area contributed by atoms with Gasteiger partial charge in [-0.2, -0.15) is 0 Å². The Labute approximate surface area is 118 Å². The molecule has 1 fully saturated rings. The maximum atomic E-state index is 12.4. The first kappa shape index (κ1) is 14.5. The van der Waals surface area contributed by atoms with E-state index in [1.807, 2.05) is 24.0 Å². The van der Waals surface area contributed by atoms with E-state index in [9.17, 15) is 9.59 Å². The van der Waals surface area contributed by atoms with Gasteiger partial charge in [0.25, 0.3) is 0 Å². The number of ketones is 1. The number of amides is 1. The summed E-state index contributed by atoms with van der Waals surface area (Å²) in [5, 5.41) is 2.83. The van der Waals surface area contributed by atoms with Crippen LogP contribution in [0.5, 0.6) is 5.75 Å². The Kier molecular flexibility index (Phi) is 4.74. The number of piperazine rings is 1. The van der Waals surface area contributed by atoms with Crippen molar-refractivity contribution in [3.63, 3.8) is 0 Å². The summed E-state index contributed by atoms with van der Waals surface area (Å²) in [5.74, 6) is 0.564. The number of nitrogens with zero attached hydrogens (tertiary/aromatic N) is 1. The molecule has 1 unspecified atom stereocenters. The Bertz CT molecular complexity index is 502. The molecule has 1 amide bonds. The van der Waals surface area contributed by atoms with Gasteiger partial charge in [0.2, 0.25) is 5.91 Å². The number of para-hydroxylation sites is 1. The van der Waals surface area contributed by atoms with Gasteiger partial charge in [-0.1, -0.05) is 19.1 Å². The molecule has 5 nitrogen and oxygen atoms in total. The number of hydrogen-bond acceptors (Lipinski definition) is 4. The molecule has 108 valence electrons. The number of nitrogens with one attached hydrogen (secondary N) is 1. The maximum Gasteiger partial charge on any atom is 0.237 e. The molecule has 1 N–H and O–H groups in total. The largest absolute Gasteiger partial charge is 0.496 e. The van der Waals surface area contributed by atoms with Crippen molar-refractivity contribution in [1.29, 1.82) is 0 Å². The van der Waals surface area contributed by atoms with E-state index in [1.165, 1.54) is 0 Å². The first-order valence-electron chi connectivity index (χ1n) is 6.85. The van der Waals surface area contributed by atoms with Crippen LogP contribution in [0.3, 0.4) is 0 Å². The van der Waals surface area contributed by atoms with Gasteiger partial charge in [0.05, 0.1) is 25.3 Å². The number of benzene rings is 1. The lowest BCUT2D eigenvalue weighted by molar-refractivity contribution is -0.128. The average Bonchev–Trinajstić information content (AvgIpc) is 2.47. The van der Waals surface area contributed by atoms with Crippen LogP contribution in [0, 0.1) is 0 Å². The van der Waals surface area contributed by atoms with E-state index in [1.54, 1.807) is 19.2 Å². The topological polar surface area (TPSA) is 58.6 Å². The van der Waals surface area contributed by atoms with Crippen molar-refractivity contribution in [1.82, 2.24) is 10.2 Å². The van der Waals surface area contributed by atoms with Crippen molar-refractivity contribution < 1.29 is 14.3 Å². The molecule has 2 rings (SSSR count). The fourth-order valence-electron chi connectivity index (χ4n) is 2.54. The Morgan fingerprint density at radius 3 is 2.90 bits per heavy atom. The smallest absolute Gasteiger partial charge is 0.237 e. The first-order valence-corrected chi connectivity index (χ1v) is 6.85. The van der Waals surface area contributed by atoms with Gasteiger partial charge in [-0.25, -0.2) is 0 Å². The molecule has 5 heteroatoms. The summed E-state index contributed by atoms with van der Waals surface area (Å²) >= 11 is 0. The first-order chi connectivity index (χ1) is 9.67. The van der Waals surface area contributed by atoms with Gasteiger partial charge in [-0.15, -0.1) is 0 Å². The Morgan fingerprint density at radius 1 is 1.45 bits per heavy atom.